The molecule has 1 aliphatic rings. The van der Waals surface area contributed by atoms with E-state index in [0.29, 0.717) is 25.5 Å². The number of likely N-dealkylation sites (tertiary alicyclic amines) is 1. The van der Waals surface area contributed by atoms with E-state index in [9.17, 15) is 4.79 Å². The van der Waals surface area contributed by atoms with Gasteiger partial charge in [0, 0.05) is 39.1 Å². The van der Waals surface area contributed by atoms with Crippen LogP contribution in [0, 0.1) is 5.41 Å². The third-order valence-electron chi connectivity index (χ3n) is 4.40. The predicted octanol–water partition coefficient (Wildman–Crippen LogP) is 1.67. The highest BCUT2D eigenvalue weighted by Gasteiger charge is 2.35. The summed E-state index contributed by atoms with van der Waals surface area (Å²) in [5.74, 6) is 0.308. The highest BCUT2D eigenvalue weighted by atomic mass is 16.5. The first-order valence-corrected chi connectivity index (χ1v) is 8.08. The summed E-state index contributed by atoms with van der Waals surface area (Å²) in [7, 11) is 5.44. The van der Waals surface area contributed by atoms with Crippen LogP contribution >= 0.6 is 0 Å². The molecular formula is C16H32N2O3. The summed E-state index contributed by atoms with van der Waals surface area (Å²) >= 11 is 0. The van der Waals surface area contributed by atoms with Crippen LogP contribution < -0.4 is 5.32 Å². The molecule has 124 valence electrons. The number of hydrogen-bond donors (Lipinski definition) is 1. The van der Waals surface area contributed by atoms with E-state index < -0.39 is 0 Å². The average Bonchev–Trinajstić information content (AvgIpc) is 2.48. The zero-order valence-corrected chi connectivity index (χ0v) is 14.0. The van der Waals surface area contributed by atoms with E-state index in [2.05, 4.69) is 5.32 Å². The second kappa shape index (κ2) is 10.1. The molecule has 0 bridgehead atoms. The van der Waals surface area contributed by atoms with Crippen LogP contribution in [0.25, 0.3) is 0 Å². The maximum absolute atomic E-state index is 12.2. The molecule has 0 aromatic heterocycles. The topological polar surface area (TPSA) is 50.8 Å². The number of carbonyl (C=O) groups excluding carboxylic acids is 1. The van der Waals surface area contributed by atoms with E-state index >= 15 is 0 Å². The summed E-state index contributed by atoms with van der Waals surface area (Å²) < 4.78 is 10.7. The smallest absolute Gasteiger partial charge is 0.222 e. The third-order valence-corrected chi connectivity index (χ3v) is 4.40. The van der Waals surface area contributed by atoms with Gasteiger partial charge in [0.2, 0.25) is 5.91 Å². The molecule has 0 aromatic carbocycles. The molecular weight excluding hydrogens is 268 g/mol. The van der Waals surface area contributed by atoms with Gasteiger partial charge in [-0.3, -0.25) is 4.79 Å². The lowest BCUT2D eigenvalue weighted by Gasteiger charge is -2.41. The number of piperidine rings is 1. The minimum atomic E-state index is 0.0904. The zero-order valence-electron chi connectivity index (χ0n) is 14.0. The van der Waals surface area contributed by atoms with Crippen molar-refractivity contribution in [1.29, 1.82) is 0 Å². The van der Waals surface area contributed by atoms with Gasteiger partial charge in [-0.05, 0) is 39.3 Å². The predicted molar refractivity (Wildman–Crippen MR) is 84.4 cm³/mol. The Labute approximate surface area is 129 Å². The van der Waals surface area contributed by atoms with Crippen LogP contribution in [-0.2, 0) is 14.3 Å². The zero-order chi connectivity index (χ0) is 15.6. The Hall–Kier alpha value is -0.650. The molecule has 1 aliphatic heterocycles. The monoisotopic (exact) mass is 300 g/mol. The van der Waals surface area contributed by atoms with Crippen molar-refractivity contribution < 1.29 is 14.3 Å². The number of rotatable bonds is 10. The number of ether oxygens (including phenoxy) is 2. The van der Waals surface area contributed by atoms with Crippen molar-refractivity contribution in [2.75, 3.05) is 54.1 Å². The molecule has 0 radical (unpaired) electrons. The molecule has 5 nitrogen and oxygen atoms in total. The van der Waals surface area contributed by atoms with E-state index in [0.717, 1.165) is 51.7 Å². The fourth-order valence-corrected chi connectivity index (χ4v) is 3.09. The molecule has 0 atom stereocenters. The van der Waals surface area contributed by atoms with Crippen molar-refractivity contribution >= 4 is 5.91 Å². The molecule has 1 rings (SSSR count). The number of nitrogens with one attached hydrogen (secondary N) is 1. The van der Waals surface area contributed by atoms with E-state index in [4.69, 9.17) is 9.47 Å². The van der Waals surface area contributed by atoms with Crippen LogP contribution in [-0.4, -0.2) is 64.9 Å². The van der Waals surface area contributed by atoms with E-state index in [-0.39, 0.29) is 5.41 Å². The van der Waals surface area contributed by atoms with E-state index in [1.54, 1.807) is 14.2 Å². The highest BCUT2D eigenvalue weighted by molar-refractivity contribution is 5.76. The van der Waals surface area contributed by atoms with Crippen molar-refractivity contribution in [1.82, 2.24) is 10.2 Å². The maximum Gasteiger partial charge on any atom is 0.222 e. The summed E-state index contributed by atoms with van der Waals surface area (Å²) in [6.07, 6.45) is 5.90. The standard InChI is InChI=1S/C16H32N2O3/c1-17-10-6-4-5-7-15(19)18-11-8-16(9-12-18,13-20-2)14-21-3/h17H,4-14H2,1-3H3. The van der Waals surface area contributed by atoms with Gasteiger partial charge in [0.05, 0.1) is 13.2 Å². The molecule has 1 heterocycles. The molecule has 1 fully saturated rings. The minimum absolute atomic E-state index is 0.0904. The van der Waals surface area contributed by atoms with Gasteiger partial charge in [-0.15, -0.1) is 0 Å². The molecule has 0 aromatic rings. The van der Waals surface area contributed by atoms with Crippen molar-refractivity contribution in [2.24, 2.45) is 5.41 Å². The van der Waals surface area contributed by atoms with Gasteiger partial charge in [-0.25, -0.2) is 0 Å². The molecule has 0 aliphatic carbocycles. The van der Waals surface area contributed by atoms with Gasteiger partial charge >= 0.3 is 0 Å². The molecule has 0 saturated carbocycles. The van der Waals surface area contributed by atoms with E-state index in [1.807, 2.05) is 11.9 Å². The lowest BCUT2D eigenvalue weighted by molar-refractivity contribution is -0.135. The summed E-state index contributed by atoms with van der Waals surface area (Å²) in [6.45, 7) is 4.14. The van der Waals surface area contributed by atoms with Crippen molar-refractivity contribution in [3.05, 3.63) is 0 Å². The van der Waals surface area contributed by atoms with Gasteiger partial charge in [0.1, 0.15) is 0 Å². The first kappa shape index (κ1) is 18.4. The first-order chi connectivity index (χ1) is 10.2. The molecule has 1 saturated heterocycles. The second-order valence-corrected chi connectivity index (χ2v) is 6.16. The number of nitrogens with zero attached hydrogens (tertiary/aromatic N) is 1. The van der Waals surface area contributed by atoms with Crippen LogP contribution in [0.1, 0.15) is 38.5 Å². The molecule has 1 N–H and O–H groups in total. The van der Waals surface area contributed by atoms with Crippen LogP contribution in [0.15, 0.2) is 0 Å². The Balaban J connectivity index is 2.28. The Morgan fingerprint density at radius 3 is 2.24 bits per heavy atom. The van der Waals surface area contributed by atoms with Gasteiger partial charge in [0.25, 0.3) is 0 Å². The lowest BCUT2D eigenvalue weighted by Crippen LogP contribution is -2.46. The SMILES string of the molecule is CNCCCCCC(=O)N1CCC(COC)(COC)CC1. The number of carbonyl (C=O) groups is 1. The quantitative estimate of drug-likeness (QED) is 0.624. The number of methoxy groups -OCH3 is 2. The van der Waals surface area contributed by atoms with Crippen LogP contribution in [0.5, 0.6) is 0 Å². The summed E-state index contributed by atoms with van der Waals surface area (Å²) in [5, 5.41) is 3.13. The second-order valence-electron chi connectivity index (χ2n) is 6.16. The van der Waals surface area contributed by atoms with Gasteiger partial charge in [-0.1, -0.05) is 6.42 Å². The highest BCUT2D eigenvalue weighted by Crippen LogP contribution is 2.32. The van der Waals surface area contributed by atoms with Crippen LogP contribution in [0.3, 0.4) is 0 Å². The minimum Gasteiger partial charge on any atom is -0.384 e. The molecule has 0 spiro atoms. The average molecular weight is 300 g/mol. The number of unbranched alkanes of at least 4 members (excludes halogenated alkanes) is 2. The van der Waals surface area contributed by atoms with Crippen molar-refractivity contribution in [2.45, 2.75) is 38.5 Å². The first-order valence-electron chi connectivity index (χ1n) is 8.08. The van der Waals surface area contributed by atoms with Gasteiger partial charge in [0.15, 0.2) is 0 Å². The normalized spacial score (nSPS) is 18.0. The van der Waals surface area contributed by atoms with Crippen molar-refractivity contribution in [3.63, 3.8) is 0 Å². The Morgan fingerprint density at radius 2 is 1.71 bits per heavy atom. The molecule has 0 unspecified atom stereocenters. The largest absolute Gasteiger partial charge is 0.384 e. The molecule has 1 amide bonds. The van der Waals surface area contributed by atoms with Gasteiger partial charge < -0.3 is 19.7 Å². The van der Waals surface area contributed by atoms with Crippen molar-refractivity contribution in [3.8, 4) is 0 Å². The van der Waals surface area contributed by atoms with E-state index in [1.165, 1.54) is 0 Å². The lowest BCUT2D eigenvalue weighted by atomic mass is 9.79. The van der Waals surface area contributed by atoms with Crippen LogP contribution in [0.4, 0.5) is 0 Å². The maximum atomic E-state index is 12.2. The molecule has 21 heavy (non-hydrogen) atoms. The number of amides is 1. The summed E-state index contributed by atoms with van der Waals surface area (Å²) in [4.78, 5) is 14.2. The Kier molecular flexibility index (Phi) is 8.88. The van der Waals surface area contributed by atoms with Crippen LogP contribution in [0.2, 0.25) is 0 Å². The third kappa shape index (κ3) is 6.32. The Bertz CT molecular complexity index is 281. The number of hydrogen-bond acceptors (Lipinski definition) is 4. The fourth-order valence-electron chi connectivity index (χ4n) is 3.09. The fraction of sp³-hybridized carbons (Fsp3) is 0.938. The summed E-state index contributed by atoms with van der Waals surface area (Å²) in [5.41, 5.74) is 0.0904. The molecule has 5 heteroatoms. The van der Waals surface area contributed by atoms with Gasteiger partial charge in [-0.2, -0.15) is 0 Å². The Morgan fingerprint density at radius 1 is 1.10 bits per heavy atom. The summed E-state index contributed by atoms with van der Waals surface area (Å²) in [6, 6.07) is 0.